The third kappa shape index (κ3) is 12.8. The molecule has 1 atom stereocenters. The van der Waals surface area contributed by atoms with Crippen LogP contribution in [0.4, 0.5) is 0 Å². The fourth-order valence-electron chi connectivity index (χ4n) is 3.51. The largest absolute Gasteiger partial charge is 0.389 e. The molecule has 0 aromatic rings. The number of hydrogen-bond acceptors (Lipinski definition) is 5. The lowest BCUT2D eigenvalue weighted by molar-refractivity contribution is -0.197. The monoisotopic (exact) mass is 423 g/mol. The number of rotatable bonds is 18. The highest BCUT2D eigenvalue weighted by molar-refractivity contribution is 6.01. The minimum Gasteiger partial charge on any atom is -0.389 e. The van der Waals surface area contributed by atoms with Gasteiger partial charge >= 0.3 is 5.97 Å². The zero-order valence-electron chi connectivity index (χ0n) is 18.8. The fraction of sp³-hybridized carbons (Fsp3) is 0.792. The molecule has 0 bridgehead atoms. The Morgan fingerprint density at radius 3 is 2.03 bits per heavy atom. The molecule has 0 aromatic heterocycles. The SMILES string of the molecule is CCCCC(O)C=CCCCCCCCCCCCCC(=O)ON1C(=O)CCC1=O. The van der Waals surface area contributed by atoms with Crippen molar-refractivity contribution < 1.29 is 24.3 Å². The number of nitrogens with zero attached hydrogens (tertiary/aromatic N) is 1. The Hall–Kier alpha value is -1.69. The number of amides is 2. The van der Waals surface area contributed by atoms with Gasteiger partial charge < -0.3 is 9.94 Å². The van der Waals surface area contributed by atoms with Crippen molar-refractivity contribution in [1.82, 2.24) is 5.06 Å². The highest BCUT2D eigenvalue weighted by Gasteiger charge is 2.32. The van der Waals surface area contributed by atoms with Gasteiger partial charge in [0.25, 0.3) is 11.8 Å². The Morgan fingerprint density at radius 2 is 1.47 bits per heavy atom. The normalized spacial score (nSPS) is 15.3. The summed E-state index contributed by atoms with van der Waals surface area (Å²) in [5.41, 5.74) is 0. The lowest BCUT2D eigenvalue weighted by atomic mass is 10.0. The van der Waals surface area contributed by atoms with Crippen LogP contribution in [0.1, 0.15) is 116 Å². The summed E-state index contributed by atoms with van der Waals surface area (Å²) in [7, 11) is 0. The Balaban J connectivity index is 1.83. The first kappa shape index (κ1) is 26.3. The molecule has 1 N–H and O–H groups in total. The highest BCUT2D eigenvalue weighted by Crippen LogP contribution is 2.15. The standard InChI is InChI=1S/C24H41NO5/c1-2-3-16-21(26)17-14-12-10-8-6-4-5-7-9-11-13-15-18-24(29)30-25-22(27)19-20-23(25)28/h14,17,21,26H,2-13,15-16,18-20H2,1H3. The lowest BCUT2D eigenvalue weighted by Crippen LogP contribution is -2.31. The molecule has 1 aliphatic rings. The van der Waals surface area contributed by atoms with Crippen LogP contribution in [0.5, 0.6) is 0 Å². The molecule has 0 aliphatic carbocycles. The smallest absolute Gasteiger partial charge is 0.333 e. The number of aliphatic hydroxyl groups is 1. The van der Waals surface area contributed by atoms with Gasteiger partial charge in [-0.1, -0.05) is 83.3 Å². The number of unbranched alkanes of at least 4 members (excludes halogenated alkanes) is 11. The van der Waals surface area contributed by atoms with Crippen LogP contribution >= 0.6 is 0 Å². The van der Waals surface area contributed by atoms with Gasteiger partial charge in [-0.25, -0.2) is 4.79 Å². The predicted molar refractivity (Wildman–Crippen MR) is 117 cm³/mol. The van der Waals surface area contributed by atoms with Crippen molar-refractivity contribution in [3.05, 3.63) is 12.2 Å². The van der Waals surface area contributed by atoms with E-state index in [1.165, 1.54) is 44.9 Å². The molecule has 0 saturated carbocycles. The van der Waals surface area contributed by atoms with Crippen LogP contribution < -0.4 is 0 Å². The molecule has 1 unspecified atom stereocenters. The predicted octanol–water partition coefficient (Wildman–Crippen LogP) is 5.38. The number of carbonyl (C=O) groups excluding carboxylic acids is 3. The van der Waals surface area contributed by atoms with E-state index in [1.54, 1.807) is 0 Å². The zero-order valence-corrected chi connectivity index (χ0v) is 18.8. The Labute approximate surface area is 182 Å². The molecule has 0 spiro atoms. The molecule has 172 valence electrons. The first-order valence-electron chi connectivity index (χ1n) is 12.0. The third-order valence-electron chi connectivity index (χ3n) is 5.41. The highest BCUT2D eigenvalue weighted by atomic mass is 16.7. The van der Waals surface area contributed by atoms with Gasteiger partial charge in [0.1, 0.15) is 0 Å². The summed E-state index contributed by atoms with van der Waals surface area (Å²) >= 11 is 0. The van der Waals surface area contributed by atoms with E-state index in [4.69, 9.17) is 4.84 Å². The summed E-state index contributed by atoms with van der Waals surface area (Å²) in [4.78, 5) is 39.3. The maximum absolute atomic E-state index is 11.7. The van der Waals surface area contributed by atoms with E-state index in [9.17, 15) is 19.5 Å². The van der Waals surface area contributed by atoms with Crippen LogP contribution in [0.25, 0.3) is 0 Å². The maximum Gasteiger partial charge on any atom is 0.333 e. The molecule has 0 aromatic carbocycles. The molecule has 30 heavy (non-hydrogen) atoms. The van der Waals surface area contributed by atoms with E-state index < -0.39 is 17.8 Å². The molecule has 1 rings (SSSR count). The Morgan fingerprint density at radius 1 is 0.933 bits per heavy atom. The van der Waals surface area contributed by atoms with Gasteiger partial charge in [-0.15, -0.1) is 5.06 Å². The lowest BCUT2D eigenvalue weighted by Gasteiger charge is -2.12. The minimum absolute atomic E-state index is 0.131. The van der Waals surface area contributed by atoms with E-state index in [2.05, 4.69) is 13.0 Å². The first-order chi connectivity index (χ1) is 14.5. The number of carbonyl (C=O) groups is 3. The van der Waals surface area contributed by atoms with Crippen LogP contribution in [0.15, 0.2) is 12.2 Å². The molecule has 1 fully saturated rings. The summed E-state index contributed by atoms with van der Waals surface area (Å²) in [6.07, 6.45) is 19.9. The van der Waals surface area contributed by atoms with E-state index in [1.807, 2.05) is 6.08 Å². The minimum atomic E-state index is -0.496. The van der Waals surface area contributed by atoms with Gasteiger partial charge in [0, 0.05) is 19.3 Å². The van der Waals surface area contributed by atoms with Crippen molar-refractivity contribution >= 4 is 17.8 Å². The van der Waals surface area contributed by atoms with E-state index in [0.717, 1.165) is 44.9 Å². The van der Waals surface area contributed by atoms with Crippen LogP contribution in [-0.4, -0.2) is 34.1 Å². The van der Waals surface area contributed by atoms with Crippen LogP contribution in [-0.2, 0) is 19.2 Å². The summed E-state index contributed by atoms with van der Waals surface area (Å²) in [6.45, 7) is 2.14. The molecule has 2 amide bonds. The average molecular weight is 424 g/mol. The van der Waals surface area contributed by atoms with Gasteiger partial charge in [-0.3, -0.25) is 9.59 Å². The molecule has 1 heterocycles. The summed E-state index contributed by atoms with van der Waals surface area (Å²) < 4.78 is 0. The number of allylic oxidation sites excluding steroid dienone is 1. The summed E-state index contributed by atoms with van der Waals surface area (Å²) in [5.74, 6) is -1.35. The molecule has 6 heteroatoms. The molecule has 6 nitrogen and oxygen atoms in total. The number of hydroxylamine groups is 2. The van der Waals surface area contributed by atoms with Crippen molar-refractivity contribution in [2.75, 3.05) is 0 Å². The quantitative estimate of drug-likeness (QED) is 0.182. The third-order valence-corrected chi connectivity index (χ3v) is 5.41. The van der Waals surface area contributed by atoms with E-state index in [-0.39, 0.29) is 25.4 Å². The van der Waals surface area contributed by atoms with Gasteiger partial charge in [0.05, 0.1) is 6.10 Å². The van der Waals surface area contributed by atoms with Crippen molar-refractivity contribution in [2.24, 2.45) is 0 Å². The van der Waals surface area contributed by atoms with Crippen molar-refractivity contribution in [1.29, 1.82) is 0 Å². The van der Waals surface area contributed by atoms with Crippen molar-refractivity contribution in [3.8, 4) is 0 Å². The van der Waals surface area contributed by atoms with Gasteiger partial charge in [0.2, 0.25) is 0 Å². The molecule has 0 radical (unpaired) electrons. The maximum atomic E-state index is 11.7. The van der Waals surface area contributed by atoms with Gasteiger partial charge in [-0.2, -0.15) is 0 Å². The second kappa shape index (κ2) is 17.0. The number of imide groups is 1. The van der Waals surface area contributed by atoms with Crippen LogP contribution in [0, 0.1) is 0 Å². The number of hydrogen-bond donors (Lipinski definition) is 1. The molecule has 1 aliphatic heterocycles. The second-order valence-electron chi connectivity index (χ2n) is 8.26. The Kier molecular flexibility index (Phi) is 15.0. The van der Waals surface area contributed by atoms with Crippen LogP contribution in [0.2, 0.25) is 0 Å². The van der Waals surface area contributed by atoms with Crippen molar-refractivity contribution in [2.45, 2.75) is 122 Å². The molecular formula is C24H41NO5. The zero-order chi connectivity index (χ0) is 22.0. The fourth-order valence-corrected chi connectivity index (χ4v) is 3.51. The van der Waals surface area contributed by atoms with E-state index in [0.29, 0.717) is 5.06 Å². The second-order valence-corrected chi connectivity index (χ2v) is 8.26. The Bertz CT molecular complexity index is 516. The van der Waals surface area contributed by atoms with Crippen molar-refractivity contribution in [3.63, 3.8) is 0 Å². The van der Waals surface area contributed by atoms with Crippen LogP contribution in [0.3, 0.4) is 0 Å². The summed E-state index contributed by atoms with van der Waals surface area (Å²) in [5, 5.41) is 10.3. The first-order valence-corrected chi connectivity index (χ1v) is 12.0. The topological polar surface area (TPSA) is 83.9 Å². The van der Waals surface area contributed by atoms with Gasteiger partial charge in [0.15, 0.2) is 0 Å². The summed E-state index contributed by atoms with van der Waals surface area (Å²) in [6, 6.07) is 0. The number of aliphatic hydroxyl groups excluding tert-OH is 1. The van der Waals surface area contributed by atoms with E-state index >= 15 is 0 Å². The average Bonchev–Trinajstić information content (AvgIpc) is 3.04. The molecule has 1 saturated heterocycles. The molecular weight excluding hydrogens is 382 g/mol. The van der Waals surface area contributed by atoms with Gasteiger partial charge in [-0.05, 0) is 25.7 Å².